The van der Waals surface area contributed by atoms with Crippen LogP contribution < -0.4 is 5.73 Å². The second-order valence-electron chi connectivity index (χ2n) is 3.00. The Bertz CT molecular complexity index is 260. The van der Waals surface area contributed by atoms with E-state index in [2.05, 4.69) is 4.98 Å². The molecule has 1 rings (SSSR count). The fourth-order valence-corrected chi connectivity index (χ4v) is 1.09. The fraction of sp³-hybridized carbons (Fsp3) is 0.444. The first-order valence-corrected chi connectivity index (χ1v) is 3.97. The Morgan fingerprint density at radius 2 is 2.25 bits per heavy atom. The highest BCUT2D eigenvalue weighted by molar-refractivity contribution is 5.25. The first-order valence-electron chi connectivity index (χ1n) is 3.97. The second-order valence-corrected chi connectivity index (χ2v) is 3.00. The Morgan fingerprint density at radius 1 is 1.58 bits per heavy atom. The zero-order valence-electron chi connectivity index (χ0n) is 7.36. The molecular weight excluding hydrogens is 152 g/mol. The monoisotopic (exact) mass is 166 g/mol. The van der Waals surface area contributed by atoms with Crippen LogP contribution in [-0.4, -0.2) is 16.2 Å². The number of aromatic nitrogens is 1. The third-order valence-electron chi connectivity index (χ3n) is 1.96. The van der Waals surface area contributed by atoms with Gasteiger partial charge in [0.2, 0.25) is 0 Å². The number of nitrogens with zero attached hydrogens (tertiary/aromatic N) is 1. The van der Waals surface area contributed by atoms with Gasteiger partial charge in [-0.1, -0.05) is 0 Å². The summed E-state index contributed by atoms with van der Waals surface area (Å²) in [6.07, 6.45) is 2.88. The zero-order chi connectivity index (χ0) is 9.14. The number of hydrogen-bond acceptors (Lipinski definition) is 3. The normalized spacial score (nSPS) is 15.7. The quantitative estimate of drug-likeness (QED) is 0.682. The molecule has 2 atom stereocenters. The number of nitrogens with two attached hydrogens (primary N) is 1. The van der Waals surface area contributed by atoms with Gasteiger partial charge in [0.25, 0.3) is 0 Å². The summed E-state index contributed by atoms with van der Waals surface area (Å²) in [6.45, 7) is 3.64. The number of rotatable bonds is 2. The number of aliphatic hydroxyl groups excluding tert-OH is 1. The smallest absolute Gasteiger partial charge is 0.0705 e. The summed E-state index contributed by atoms with van der Waals surface area (Å²) in [5.74, 6) is 0. The van der Waals surface area contributed by atoms with E-state index in [1.54, 1.807) is 19.3 Å². The average Bonchev–Trinajstić information content (AvgIpc) is 2.04. The number of aryl methyl sites for hydroxylation is 1. The van der Waals surface area contributed by atoms with Crippen molar-refractivity contribution in [2.24, 2.45) is 5.73 Å². The van der Waals surface area contributed by atoms with Crippen molar-refractivity contribution in [2.45, 2.75) is 26.0 Å². The van der Waals surface area contributed by atoms with Gasteiger partial charge < -0.3 is 10.8 Å². The molecule has 0 amide bonds. The van der Waals surface area contributed by atoms with Crippen LogP contribution >= 0.6 is 0 Å². The summed E-state index contributed by atoms with van der Waals surface area (Å²) in [7, 11) is 0. The van der Waals surface area contributed by atoms with E-state index in [-0.39, 0.29) is 6.04 Å². The van der Waals surface area contributed by atoms with Gasteiger partial charge in [-0.25, -0.2) is 0 Å². The predicted molar refractivity (Wildman–Crippen MR) is 47.6 cm³/mol. The molecule has 0 fully saturated rings. The molecule has 0 aliphatic heterocycles. The van der Waals surface area contributed by atoms with Crippen LogP contribution in [0.2, 0.25) is 0 Å². The summed E-state index contributed by atoms with van der Waals surface area (Å²) in [4.78, 5) is 3.96. The van der Waals surface area contributed by atoms with Crippen LogP contribution in [0.1, 0.15) is 24.1 Å². The second kappa shape index (κ2) is 3.65. The van der Waals surface area contributed by atoms with Gasteiger partial charge in [0.15, 0.2) is 0 Å². The van der Waals surface area contributed by atoms with Crippen LogP contribution in [0.5, 0.6) is 0 Å². The molecule has 0 saturated heterocycles. The molecular formula is C9H14N2O. The zero-order valence-corrected chi connectivity index (χ0v) is 7.36. The molecule has 1 heterocycles. The van der Waals surface area contributed by atoms with Crippen molar-refractivity contribution in [2.75, 3.05) is 0 Å². The lowest BCUT2D eigenvalue weighted by molar-refractivity contribution is 0.164. The summed E-state index contributed by atoms with van der Waals surface area (Å²) in [6, 6.07) is 1.55. The summed E-state index contributed by atoms with van der Waals surface area (Å²) in [5, 5.41) is 9.25. The van der Waals surface area contributed by atoms with Crippen molar-refractivity contribution in [3.05, 3.63) is 29.6 Å². The largest absolute Gasteiger partial charge is 0.391 e. The van der Waals surface area contributed by atoms with Crippen molar-refractivity contribution in [1.29, 1.82) is 0 Å². The maximum Gasteiger partial charge on any atom is 0.0705 e. The highest BCUT2D eigenvalue weighted by Gasteiger charge is 2.13. The molecule has 3 nitrogen and oxygen atoms in total. The first kappa shape index (κ1) is 9.16. The summed E-state index contributed by atoms with van der Waals surface area (Å²) < 4.78 is 0. The minimum Gasteiger partial charge on any atom is -0.391 e. The van der Waals surface area contributed by atoms with Crippen LogP contribution in [-0.2, 0) is 0 Å². The van der Waals surface area contributed by atoms with Gasteiger partial charge in [-0.3, -0.25) is 4.98 Å². The highest BCUT2D eigenvalue weighted by Crippen LogP contribution is 2.16. The fourth-order valence-electron chi connectivity index (χ4n) is 1.09. The highest BCUT2D eigenvalue weighted by atomic mass is 16.3. The molecule has 0 aliphatic carbocycles. The van der Waals surface area contributed by atoms with E-state index in [1.807, 2.05) is 13.0 Å². The summed E-state index contributed by atoms with van der Waals surface area (Å²) >= 11 is 0. The van der Waals surface area contributed by atoms with E-state index in [0.29, 0.717) is 0 Å². The third kappa shape index (κ3) is 1.81. The Kier molecular flexibility index (Phi) is 2.78. The molecule has 12 heavy (non-hydrogen) atoms. The van der Waals surface area contributed by atoms with E-state index in [1.165, 1.54) is 0 Å². The lowest BCUT2D eigenvalue weighted by Crippen LogP contribution is -2.24. The molecule has 0 aromatic carbocycles. The van der Waals surface area contributed by atoms with E-state index < -0.39 is 6.10 Å². The molecule has 0 saturated carbocycles. The maximum atomic E-state index is 9.25. The topological polar surface area (TPSA) is 59.1 Å². The van der Waals surface area contributed by atoms with Gasteiger partial charge in [-0.2, -0.15) is 0 Å². The van der Waals surface area contributed by atoms with E-state index >= 15 is 0 Å². The van der Waals surface area contributed by atoms with Crippen molar-refractivity contribution in [1.82, 2.24) is 4.98 Å². The summed E-state index contributed by atoms with van der Waals surface area (Å²) in [5.41, 5.74) is 7.73. The van der Waals surface area contributed by atoms with Crippen LogP contribution in [0.4, 0.5) is 0 Å². The van der Waals surface area contributed by atoms with Gasteiger partial charge in [-0.15, -0.1) is 0 Å². The van der Waals surface area contributed by atoms with Crippen molar-refractivity contribution in [3.8, 4) is 0 Å². The van der Waals surface area contributed by atoms with Crippen molar-refractivity contribution in [3.63, 3.8) is 0 Å². The molecule has 0 bridgehead atoms. The Hall–Kier alpha value is -0.930. The van der Waals surface area contributed by atoms with Crippen molar-refractivity contribution < 1.29 is 5.11 Å². The maximum absolute atomic E-state index is 9.25. The lowest BCUT2D eigenvalue weighted by Gasteiger charge is -2.16. The van der Waals surface area contributed by atoms with E-state index in [0.717, 1.165) is 11.1 Å². The number of aliphatic hydroxyl groups is 1. The van der Waals surface area contributed by atoms with E-state index in [9.17, 15) is 5.11 Å². The lowest BCUT2D eigenvalue weighted by atomic mass is 10.0. The van der Waals surface area contributed by atoms with Crippen LogP contribution in [0.15, 0.2) is 18.5 Å². The molecule has 0 aliphatic rings. The van der Waals surface area contributed by atoms with Gasteiger partial charge in [0.05, 0.1) is 12.1 Å². The third-order valence-corrected chi connectivity index (χ3v) is 1.96. The Morgan fingerprint density at radius 3 is 2.75 bits per heavy atom. The minimum absolute atomic E-state index is 0.335. The molecule has 1 aromatic rings. The van der Waals surface area contributed by atoms with Gasteiger partial charge in [-0.05, 0) is 31.0 Å². The average molecular weight is 166 g/mol. The SMILES string of the molecule is Cc1ccncc1[C@@H](N)[C@@H](C)O. The Labute approximate surface area is 72.2 Å². The molecule has 0 unspecified atom stereocenters. The molecule has 3 N–H and O–H groups in total. The van der Waals surface area contributed by atoms with Crippen LogP contribution in [0.3, 0.4) is 0 Å². The predicted octanol–water partition coefficient (Wildman–Crippen LogP) is 0.771. The molecule has 0 spiro atoms. The van der Waals surface area contributed by atoms with Crippen LogP contribution in [0.25, 0.3) is 0 Å². The number of pyridine rings is 1. The minimum atomic E-state index is -0.534. The van der Waals surface area contributed by atoms with Crippen molar-refractivity contribution >= 4 is 0 Å². The molecule has 1 aromatic heterocycles. The van der Waals surface area contributed by atoms with Gasteiger partial charge >= 0.3 is 0 Å². The van der Waals surface area contributed by atoms with Gasteiger partial charge in [0, 0.05) is 12.4 Å². The molecule has 3 heteroatoms. The molecule has 0 radical (unpaired) electrons. The molecule has 66 valence electrons. The van der Waals surface area contributed by atoms with Gasteiger partial charge in [0.1, 0.15) is 0 Å². The standard InChI is InChI=1S/C9H14N2O/c1-6-3-4-11-5-8(6)9(10)7(2)12/h3-5,7,9,12H,10H2,1-2H3/t7-,9+/m1/s1. The van der Waals surface area contributed by atoms with Crippen LogP contribution in [0, 0.1) is 6.92 Å². The Balaban J connectivity index is 2.94. The van der Waals surface area contributed by atoms with E-state index in [4.69, 9.17) is 5.73 Å². The first-order chi connectivity index (χ1) is 5.63. The number of hydrogen-bond donors (Lipinski definition) is 2.